The van der Waals surface area contributed by atoms with Gasteiger partial charge in [0.15, 0.2) is 0 Å². The molecule has 0 amide bonds. The van der Waals surface area contributed by atoms with E-state index < -0.39 is 0 Å². The highest BCUT2D eigenvalue weighted by Crippen LogP contribution is 2.35. The van der Waals surface area contributed by atoms with E-state index in [0.29, 0.717) is 74.5 Å². The van der Waals surface area contributed by atoms with E-state index in [4.69, 9.17) is 23.8 Å². The summed E-state index contributed by atoms with van der Waals surface area (Å²) in [6.45, 7) is 4.44. The fraction of sp³-hybridized carbons (Fsp3) is 0.255. The Labute approximate surface area is 371 Å². The summed E-state index contributed by atoms with van der Waals surface area (Å²) >= 11 is 0. The summed E-state index contributed by atoms with van der Waals surface area (Å²) < 4.78 is 49.7. The van der Waals surface area contributed by atoms with Crippen LogP contribution < -0.4 is 20.1 Å². The normalized spacial score (nSPS) is 12.9. The zero-order valence-electron chi connectivity index (χ0n) is 34.5. The van der Waals surface area contributed by atoms with Crippen LogP contribution in [-0.2, 0) is 66.5 Å². The van der Waals surface area contributed by atoms with Gasteiger partial charge in [-0.1, -0.05) is 26.5 Å². The van der Waals surface area contributed by atoms with Crippen molar-refractivity contribution in [2.75, 3.05) is 23.8 Å². The van der Waals surface area contributed by atoms with Gasteiger partial charge in [0.25, 0.3) is 0 Å². The number of imidazole rings is 2. The van der Waals surface area contributed by atoms with Gasteiger partial charge in [0.1, 0.15) is 35.8 Å². The van der Waals surface area contributed by atoms with Crippen molar-refractivity contribution in [1.29, 1.82) is 0 Å². The zero-order chi connectivity index (χ0) is 44.2. The smallest absolute Gasteiger partial charge is 0.373 e. The number of aliphatic hydroxyl groups is 1. The number of hydrogen-bond acceptors (Lipinski definition) is 14. The first-order valence-electron chi connectivity index (χ1n) is 20.5. The van der Waals surface area contributed by atoms with Gasteiger partial charge in [-0.2, -0.15) is 9.59 Å². The first-order valence-corrected chi connectivity index (χ1v) is 20.5. The van der Waals surface area contributed by atoms with Gasteiger partial charge in [0.2, 0.25) is 11.9 Å². The second-order valence-electron chi connectivity index (χ2n) is 14.8. The minimum absolute atomic E-state index is 0. The molecule has 0 atom stereocenters. The maximum Gasteiger partial charge on any atom is 0.373 e. The highest BCUT2D eigenvalue weighted by molar-refractivity contribution is 5.85. The monoisotopic (exact) mass is 882 g/mol. The van der Waals surface area contributed by atoms with Gasteiger partial charge >= 0.3 is 6.15 Å². The number of fused-ring (bicyclic) bond motifs is 5. The molecule has 0 bridgehead atoms. The molecule has 0 spiro atoms. The molecule has 0 saturated heterocycles. The van der Waals surface area contributed by atoms with E-state index in [1.807, 2.05) is 46.2 Å². The minimum atomic E-state index is -0.257. The summed E-state index contributed by atoms with van der Waals surface area (Å²) in [6, 6.07) is 13.9. The average molecular weight is 883 g/mol. The van der Waals surface area contributed by atoms with Crippen LogP contribution in [0, 0.1) is 11.6 Å². The average Bonchev–Trinajstić information content (AvgIpc) is 4.16. The van der Waals surface area contributed by atoms with E-state index in [1.165, 1.54) is 12.1 Å². The lowest BCUT2D eigenvalue weighted by Crippen LogP contribution is -2.11. The van der Waals surface area contributed by atoms with Crippen molar-refractivity contribution in [1.82, 2.24) is 38.7 Å². The Bertz CT molecular complexity index is 3060. The number of nitrogens with one attached hydrogen (secondary N) is 2. The summed E-state index contributed by atoms with van der Waals surface area (Å²) in [6.07, 6.45) is 12.8. The summed E-state index contributed by atoms with van der Waals surface area (Å²) in [4.78, 5) is 43.3. The fourth-order valence-electron chi connectivity index (χ4n) is 8.38. The van der Waals surface area contributed by atoms with Crippen LogP contribution in [0.5, 0.6) is 11.5 Å². The highest BCUT2D eigenvalue weighted by Gasteiger charge is 2.24. The number of rotatable bonds is 9. The first kappa shape index (κ1) is 44.0. The van der Waals surface area contributed by atoms with Crippen molar-refractivity contribution < 1.29 is 37.7 Å². The quantitative estimate of drug-likeness (QED) is 0.133. The van der Waals surface area contributed by atoms with Gasteiger partial charge in [-0.15, -0.1) is 0 Å². The number of ether oxygens (including phenoxy) is 3. The van der Waals surface area contributed by atoms with Crippen molar-refractivity contribution in [3.05, 3.63) is 143 Å². The fourth-order valence-corrected chi connectivity index (χ4v) is 8.38. The van der Waals surface area contributed by atoms with Gasteiger partial charge in [0, 0.05) is 95.2 Å². The van der Waals surface area contributed by atoms with Crippen LogP contribution in [0.15, 0.2) is 86.0 Å². The topological polar surface area (TPSA) is 192 Å². The molecule has 0 radical (unpaired) electrons. The lowest BCUT2D eigenvalue weighted by Gasteiger charge is -2.16. The summed E-state index contributed by atoms with van der Waals surface area (Å²) in [5.41, 5.74) is 11.6. The molecule has 11 rings (SSSR count). The van der Waals surface area contributed by atoms with E-state index in [-0.39, 0.29) is 38.4 Å². The molecule has 0 saturated carbocycles. The van der Waals surface area contributed by atoms with Gasteiger partial charge in [-0.25, -0.2) is 28.7 Å². The predicted molar refractivity (Wildman–Crippen MR) is 234 cm³/mol. The lowest BCUT2D eigenvalue weighted by molar-refractivity contribution is -0.191. The minimum Gasteiger partial charge on any atom is -0.493 e. The van der Waals surface area contributed by atoms with Crippen LogP contribution >= 0.6 is 0 Å². The van der Waals surface area contributed by atoms with Gasteiger partial charge < -0.3 is 30.0 Å². The Morgan fingerprint density at radius 1 is 0.677 bits per heavy atom. The Morgan fingerprint density at radius 2 is 1.23 bits per heavy atom. The van der Waals surface area contributed by atoms with Crippen molar-refractivity contribution in [3.8, 4) is 33.8 Å². The largest absolute Gasteiger partial charge is 0.493 e. The number of anilines is 2. The summed E-state index contributed by atoms with van der Waals surface area (Å²) in [7, 11) is 0. The van der Waals surface area contributed by atoms with Crippen LogP contribution in [0.4, 0.5) is 20.7 Å². The first-order chi connectivity index (χ1) is 31.4. The molecule has 332 valence electrons. The molecule has 16 nitrogen and oxygen atoms in total. The number of carbonyl (C=O) groups excluding carboxylic acids is 2. The van der Waals surface area contributed by atoms with Gasteiger partial charge in [0.05, 0.1) is 66.8 Å². The molecule has 18 heteroatoms. The summed E-state index contributed by atoms with van der Waals surface area (Å²) in [5, 5.41) is 16.3. The van der Waals surface area contributed by atoms with Crippen LogP contribution in [-0.4, -0.2) is 63.2 Å². The second kappa shape index (κ2) is 19.4. The van der Waals surface area contributed by atoms with Crippen molar-refractivity contribution in [3.63, 3.8) is 0 Å². The molecule has 3 aliphatic heterocycles. The molecule has 9 heterocycles. The second-order valence-corrected chi connectivity index (χ2v) is 14.8. The molecule has 65 heavy (non-hydrogen) atoms. The Kier molecular flexibility index (Phi) is 13.1. The van der Waals surface area contributed by atoms with Gasteiger partial charge in [-0.3, -0.25) is 18.8 Å². The third-order valence-corrected chi connectivity index (χ3v) is 11.3. The SMILES string of the molecule is C.CCc1ncn2c(NCc3c(F)ccc4c3CCO4)ncc(-c3cccnc3CO)c12.Fc1ccc2c(c1CNc1ncc3c4c(ncn14)COCc1ncccc1-3)CCO2.O=C=O. The maximum absolute atomic E-state index is 14.5. The number of halogens is 2. The summed E-state index contributed by atoms with van der Waals surface area (Å²) in [5.74, 6) is 2.16. The van der Waals surface area contributed by atoms with Crippen molar-refractivity contribution in [2.24, 2.45) is 0 Å². The molecule has 0 unspecified atom stereocenters. The van der Waals surface area contributed by atoms with Crippen LogP contribution in [0.2, 0.25) is 0 Å². The van der Waals surface area contributed by atoms with Crippen LogP contribution in [0.3, 0.4) is 0 Å². The zero-order valence-corrected chi connectivity index (χ0v) is 34.5. The van der Waals surface area contributed by atoms with E-state index in [2.05, 4.69) is 40.5 Å². The molecular formula is C47H44F2N10O6. The van der Waals surface area contributed by atoms with Crippen molar-refractivity contribution >= 4 is 29.1 Å². The van der Waals surface area contributed by atoms with E-state index >= 15 is 0 Å². The number of hydrogen-bond donors (Lipinski definition) is 3. The Hall–Kier alpha value is -7.66. The van der Waals surface area contributed by atoms with Gasteiger partial charge in [-0.05, 0) is 42.8 Å². The van der Waals surface area contributed by atoms with Crippen LogP contribution in [0.1, 0.15) is 59.4 Å². The molecule has 8 aromatic rings. The van der Waals surface area contributed by atoms with E-state index in [0.717, 1.165) is 79.4 Å². The Balaban J connectivity index is 0.000000165. The standard InChI is InChI=1S/C23H22FN5O2.C22H18FN5O2.CO2.CH4/c1-2-19-22-17(14-4-3-8-25-20(14)12-30)11-27-23(29(22)13-28-19)26-10-16-15-7-9-31-21(15)6-5-18(16)24;23-17-3-4-20-14(5-7-30-20)15(17)8-25-22-26-9-16-13-2-1-6-24-18(13)10-29-11-19-21(16)28(22)12-27-19;2-1-3;/h3-6,8,11,13,30H,2,7,9-10,12H2,1H3,(H,26,27);1-4,6,9,12H,5,7-8,10-11H2,(H,25,26);;1H4. The molecule has 2 aromatic carbocycles. The molecule has 6 aromatic heterocycles. The number of benzene rings is 2. The number of aromatic nitrogens is 8. The Morgan fingerprint density at radius 3 is 1.85 bits per heavy atom. The molecule has 3 N–H and O–H groups in total. The third-order valence-electron chi connectivity index (χ3n) is 11.3. The number of aliphatic hydroxyl groups excluding tert-OH is 1. The predicted octanol–water partition coefficient (Wildman–Crippen LogP) is 7.09. The van der Waals surface area contributed by atoms with E-state index in [1.54, 1.807) is 43.4 Å². The van der Waals surface area contributed by atoms with Crippen molar-refractivity contribution in [2.45, 2.75) is 66.5 Å². The maximum atomic E-state index is 14.5. The molecular weight excluding hydrogens is 839 g/mol. The highest BCUT2D eigenvalue weighted by atomic mass is 19.1. The van der Waals surface area contributed by atoms with Crippen LogP contribution in [0.25, 0.3) is 33.3 Å². The third kappa shape index (κ3) is 8.45. The number of pyridine rings is 2. The number of nitrogens with zero attached hydrogens (tertiary/aromatic N) is 8. The molecule has 3 aliphatic rings. The lowest BCUT2D eigenvalue weighted by atomic mass is 10.0. The number of aryl methyl sites for hydroxylation is 1. The molecule has 0 fully saturated rings. The molecule has 0 aliphatic carbocycles. The van der Waals surface area contributed by atoms with E-state index in [9.17, 15) is 13.9 Å².